The molecule has 4 fully saturated rings. The van der Waals surface area contributed by atoms with Crippen molar-refractivity contribution >= 4 is 51.9 Å². The van der Waals surface area contributed by atoms with Crippen LogP contribution < -0.4 is 30.5 Å². The lowest BCUT2D eigenvalue weighted by atomic mass is 10.0. The molecular formula is C45H54N12O4. The molecule has 16 heteroatoms. The summed E-state index contributed by atoms with van der Waals surface area (Å²) in [6, 6.07) is 14.3. The Labute approximate surface area is 355 Å². The summed E-state index contributed by atoms with van der Waals surface area (Å²) in [5, 5.41) is 13.3. The molecule has 0 spiro atoms. The second-order valence-corrected chi connectivity index (χ2v) is 17.6. The van der Waals surface area contributed by atoms with Gasteiger partial charge < -0.3 is 24.4 Å². The summed E-state index contributed by atoms with van der Waals surface area (Å²) < 4.78 is 10.4. The van der Waals surface area contributed by atoms with Gasteiger partial charge in [0.15, 0.2) is 0 Å². The van der Waals surface area contributed by atoms with E-state index in [1.165, 1.54) is 5.69 Å². The number of aryl methyl sites for hydroxylation is 3. The molecule has 3 atom stereocenters. The minimum atomic E-state index is -0.450. The molecule has 4 aliphatic heterocycles. The van der Waals surface area contributed by atoms with Gasteiger partial charge in [0.25, 0.3) is 5.91 Å². The molecule has 5 aliphatic rings. The Kier molecular flexibility index (Phi) is 10.3. The van der Waals surface area contributed by atoms with Crippen molar-refractivity contribution in [2.45, 2.75) is 77.4 Å². The molecule has 4 bridgehead atoms. The molecule has 3 N–H and O–H groups in total. The second-order valence-electron chi connectivity index (χ2n) is 17.6. The number of piperazine rings is 1. The smallest absolute Gasteiger partial charge is 0.258 e. The number of hydrogen-bond donors (Lipinski definition) is 3. The fourth-order valence-corrected chi connectivity index (χ4v) is 10.2. The number of amides is 3. The van der Waals surface area contributed by atoms with Crippen molar-refractivity contribution in [1.82, 2.24) is 39.5 Å². The number of fused-ring (bicyclic) bond motifs is 9. The molecule has 8 heterocycles. The van der Waals surface area contributed by atoms with Gasteiger partial charge in [-0.05, 0) is 107 Å². The molecule has 16 nitrogen and oxygen atoms in total. The van der Waals surface area contributed by atoms with Crippen molar-refractivity contribution in [2.75, 3.05) is 66.3 Å². The monoisotopic (exact) mass is 826 g/mol. The van der Waals surface area contributed by atoms with Gasteiger partial charge in [0.2, 0.25) is 23.6 Å². The molecule has 5 aromatic rings. The first kappa shape index (κ1) is 39.1. The third-order valence-corrected chi connectivity index (χ3v) is 13.5. The summed E-state index contributed by atoms with van der Waals surface area (Å²) in [7, 11) is 1.88. The number of nitrogens with zero attached hydrogens (tertiary/aromatic N) is 9. The van der Waals surface area contributed by atoms with Gasteiger partial charge in [-0.2, -0.15) is 5.10 Å². The molecule has 0 radical (unpaired) electrons. The summed E-state index contributed by atoms with van der Waals surface area (Å²) >= 11 is 0. The van der Waals surface area contributed by atoms with E-state index in [0.717, 1.165) is 112 Å². The van der Waals surface area contributed by atoms with E-state index in [0.29, 0.717) is 66.2 Å². The second kappa shape index (κ2) is 16.1. The van der Waals surface area contributed by atoms with Crippen LogP contribution in [0.15, 0.2) is 48.7 Å². The van der Waals surface area contributed by atoms with Crippen LogP contribution >= 0.6 is 0 Å². The molecule has 3 saturated heterocycles. The minimum absolute atomic E-state index is 0.222. The predicted molar refractivity (Wildman–Crippen MR) is 233 cm³/mol. The van der Waals surface area contributed by atoms with Crippen LogP contribution in [0.25, 0.3) is 22.3 Å². The SMILES string of the molecule is Cc1cc2cc(n1)-c1cnn(C)c1OC[C@H]1CC[C@H](C1)Cn1c(nc3ccc(N4CCN(C5CCN(c6ccc(NC7CCC(=O)NC7=O)nc6C)CC5)CC4)cc31)NC2=O. The molecule has 1 saturated carbocycles. The number of pyridine rings is 2. The van der Waals surface area contributed by atoms with Gasteiger partial charge in [0, 0.05) is 82.3 Å². The number of hydrogen-bond acceptors (Lipinski definition) is 12. The highest BCUT2D eigenvalue weighted by Crippen LogP contribution is 2.37. The quantitative estimate of drug-likeness (QED) is 0.205. The first-order valence-electron chi connectivity index (χ1n) is 21.9. The van der Waals surface area contributed by atoms with E-state index in [9.17, 15) is 14.4 Å². The molecule has 10 rings (SSSR count). The summed E-state index contributed by atoms with van der Waals surface area (Å²) in [5.41, 5.74) is 7.86. The lowest BCUT2D eigenvalue weighted by Crippen LogP contribution is -2.53. The number of imidazole rings is 1. The van der Waals surface area contributed by atoms with E-state index in [1.807, 2.05) is 39.1 Å². The highest BCUT2D eigenvalue weighted by atomic mass is 16.5. The third kappa shape index (κ3) is 7.88. The number of aromatic nitrogens is 6. The van der Waals surface area contributed by atoms with E-state index in [4.69, 9.17) is 19.7 Å². The number of carbonyl (C=O) groups is 3. The number of rotatable bonds is 5. The summed E-state index contributed by atoms with van der Waals surface area (Å²) in [6.45, 7) is 11.1. The maximum Gasteiger partial charge on any atom is 0.258 e. The summed E-state index contributed by atoms with van der Waals surface area (Å²) in [6.07, 6.45) is 7.97. The Hall–Kier alpha value is -6.03. The number of benzene rings is 1. The Morgan fingerprint density at radius 1 is 0.820 bits per heavy atom. The Balaban J connectivity index is 0.808. The van der Waals surface area contributed by atoms with Gasteiger partial charge in [-0.1, -0.05) is 0 Å². The normalized spacial score (nSPS) is 22.8. The van der Waals surface area contributed by atoms with Crippen LogP contribution in [0.4, 0.5) is 23.1 Å². The molecule has 4 aromatic heterocycles. The standard InChI is InChI=1S/C45H54N12O4/c1-27-20-31-22-37(47-27)34-24-46-53(3)44(34)61-26-30-5-4-29(21-30)25-57-39-23-33(6-7-35(39)50-45(57)52-42(31)59)55-18-16-54(17-19-55)32-12-14-56(15-13-32)38-9-10-40(48-28(38)2)49-36-8-11-41(58)51-43(36)60/h6-7,9-10,20,22-24,29-30,32,36H,4-5,8,11-19,21,25-26H2,1-3H3,(H,48,49)(H,50,52,59)(H,51,58,60)/t29-,30+,36?/m1/s1. The van der Waals surface area contributed by atoms with E-state index in [2.05, 4.69) is 64.6 Å². The third-order valence-electron chi connectivity index (χ3n) is 13.5. The molecule has 61 heavy (non-hydrogen) atoms. The zero-order valence-corrected chi connectivity index (χ0v) is 35.2. The predicted octanol–water partition coefficient (Wildman–Crippen LogP) is 4.91. The molecule has 318 valence electrons. The van der Waals surface area contributed by atoms with Crippen molar-refractivity contribution in [1.29, 1.82) is 0 Å². The van der Waals surface area contributed by atoms with Gasteiger partial charge >= 0.3 is 0 Å². The average Bonchev–Trinajstić information content (AvgIpc) is 3.97. The van der Waals surface area contributed by atoms with Crippen LogP contribution in [-0.4, -0.2) is 110 Å². The average molecular weight is 827 g/mol. The number of ether oxygens (including phenoxy) is 1. The topological polar surface area (TPSA) is 168 Å². The van der Waals surface area contributed by atoms with E-state index < -0.39 is 6.04 Å². The lowest BCUT2D eigenvalue weighted by molar-refractivity contribution is -0.133. The van der Waals surface area contributed by atoms with Crippen molar-refractivity contribution in [2.24, 2.45) is 18.9 Å². The van der Waals surface area contributed by atoms with Gasteiger partial charge in [-0.3, -0.25) is 34.9 Å². The van der Waals surface area contributed by atoms with Crippen LogP contribution in [0.3, 0.4) is 0 Å². The molecule has 3 amide bonds. The van der Waals surface area contributed by atoms with Crippen molar-refractivity contribution < 1.29 is 19.1 Å². The van der Waals surface area contributed by atoms with Crippen molar-refractivity contribution in [3.8, 4) is 17.1 Å². The van der Waals surface area contributed by atoms with Crippen LogP contribution in [0.5, 0.6) is 5.88 Å². The fourth-order valence-electron chi connectivity index (χ4n) is 10.2. The number of piperidine rings is 2. The number of anilines is 4. The zero-order chi connectivity index (χ0) is 41.8. The minimum Gasteiger partial charge on any atom is -0.477 e. The summed E-state index contributed by atoms with van der Waals surface area (Å²) in [5.74, 6) is 2.03. The Morgan fingerprint density at radius 3 is 2.44 bits per heavy atom. The van der Waals surface area contributed by atoms with Crippen LogP contribution in [0, 0.1) is 25.7 Å². The van der Waals surface area contributed by atoms with Gasteiger partial charge in [-0.15, -0.1) is 0 Å². The Bertz CT molecular complexity index is 2500. The maximum absolute atomic E-state index is 14.0. The lowest BCUT2D eigenvalue weighted by Gasteiger charge is -2.44. The molecular weight excluding hydrogens is 773 g/mol. The van der Waals surface area contributed by atoms with Crippen molar-refractivity contribution in [3.63, 3.8) is 0 Å². The zero-order valence-electron chi connectivity index (χ0n) is 35.2. The van der Waals surface area contributed by atoms with Gasteiger partial charge in [-0.25, -0.2) is 14.6 Å². The largest absolute Gasteiger partial charge is 0.477 e. The van der Waals surface area contributed by atoms with Crippen LogP contribution in [0.2, 0.25) is 0 Å². The van der Waals surface area contributed by atoms with Crippen LogP contribution in [-0.2, 0) is 23.2 Å². The molecule has 1 aromatic carbocycles. The maximum atomic E-state index is 14.0. The van der Waals surface area contributed by atoms with E-state index >= 15 is 0 Å². The van der Waals surface area contributed by atoms with Crippen molar-refractivity contribution in [3.05, 3.63) is 65.6 Å². The van der Waals surface area contributed by atoms with Gasteiger partial charge in [0.1, 0.15) is 11.9 Å². The Morgan fingerprint density at radius 2 is 1.64 bits per heavy atom. The number of imide groups is 1. The van der Waals surface area contributed by atoms with E-state index in [1.54, 1.807) is 10.9 Å². The first-order valence-corrected chi connectivity index (χ1v) is 21.9. The fraction of sp³-hybridized carbons (Fsp3) is 0.489. The molecule has 1 unspecified atom stereocenters. The highest BCUT2D eigenvalue weighted by Gasteiger charge is 2.32. The van der Waals surface area contributed by atoms with Gasteiger partial charge in [0.05, 0.1) is 46.5 Å². The first-order chi connectivity index (χ1) is 29.6. The number of nitrogens with one attached hydrogen (secondary N) is 3. The number of carbonyl (C=O) groups excluding carboxylic acids is 3. The van der Waals surface area contributed by atoms with Crippen LogP contribution in [0.1, 0.15) is 66.7 Å². The highest BCUT2D eigenvalue weighted by molar-refractivity contribution is 6.05. The molecule has 1 aliphatic carbocycles. The summed E-state index contributed by atoms with van der Waals surface area (Å²) in [4.78, 5) is 59.9. The van der Waals surface area contributed by atoms with E-state index in [-0.39, 0.29) is 17.7 Å².